The van der Waals surface area contributed by atoms with E-state index in [1.54, 1.807) is 6.26 Å². The van der Waals surface area contributed by atoms with E-state index in [1.807, 2.05) is 12.1 Å². The van der Waals surface area contributed by atoms with E-state index in [4.69, 9.17) is 19.1 Å². The Bertz CT molecular complexity index is 704. The van der Waals surface area contributed by atoms with Gasteiger partial charge in [0.05, 0.1) is 24.8 Å². The molecule has 4 rings (SSSR count). The molecular weight excluding hydrogens is 405 g/mol. The number of carbonyl (C=O) groups excluding carboxylic acids is 1. The Kier molecular flexibility index (Phi) is 7.41. The van der Waals surface area contributed by atoms with Gasteiger partial charge in [-0.2, -0.15) is 13.2 Å². The van der Waals surface area contributed by atoms with Gasteiger partial charge >= 0.3 is 12.1 Å². The summed E-state index contributed by atoms with van der Waals surface area (Å²) in [6.07, 6.45) is 3.02. The van der Waals surface area contributed by atoms with Gasteiger partial charge in [-0.25, -0.2) is 4.79 Å². The molecule has 7 nitrogen and oxygen atoms in total. The topological polar surface area (TPSA) is 92.0 Å². The van der Waals surface area contributed by atoms with Crippen LogP contribution in [0.3, 0.4) is 0 Å². The van der Waals surface area contributed by atoms with Crippen LogP contribution in [0.1, 0.15) is 37.9 Å². The summed E-state index contributed by atoms with van der Waals surface area (Å²) in [6.45, 7) is 3.18. The molecule has 0 radical (unpaired) electrons. The third kappa shape index (κ3) is 5.75. The summed E-state index contributed by atoms with van der Waals surface area (Å²) < 4.78 is 43.0. The molecule has 2 saturated heterocycles. The zero-order chi connectivity index (χ0) is 21.7. The van der Waals surface area contributed by atoms with Gasteiger partial charge in [0, 0.05) is 31.7 Å². The molecule has 1 aliphatic carbocycles. The number of likely N-dealkylation sites (tertiary alicyclic amines) is 1. The van der Waals surface area contributed by atoms with Crippen LogP contribution in [0, 0.1) is 11.8 Å². The van der Waals surface area contributed by atoms with E-state index in [0.29, 0.717) is 18.5 Å². The highest BCUT2D eigenvalue weighted by Gasteiger charge is 2.45. The minimum absolute atomic E-state index is 0.0480. The van der Waals surface area contributed by atoms with E-state index >= 15 is 0 Å². The molecule has 0 unspecified atom stereocenters. The zero-order valence-corrected chi connectivity index (χ0v) is 16.6. The molecule has 1 aromatic rings. The normalized spacial score (nSPS) is 27.2. The maximum atomic E-state index is 12.8. The number of furan rings is 1. The Hall–Kier alpha value is -2.07. The maximum absolute atomic E-state index is 12.8. The Morgan fingerprint density at radius 3 is 2.50 bits per heavy atom. The number of halogens is 3. The molecule has 0 aromatic carbocycles. The average Bonchev–Trinajstić information content (AvgIpc) is 3.47. The van der Waals surface area contributed by atoms with Crippen molar-refractivity contribution in [2.75, 3.05) is 19.7 Å². The fraction of sp³-hybridized carbons (Fsp3) is 0.700. The van der Waals surface area contributed by atoms with Crippen molar-refractivity contribution in [2.45, 2.75) is 57.0 Å². The molecule has 1 saturated carbocycles. The number of nitrogens with one attached hydrogen (secondary N) is 1. The monoisotopic (exact) mass is 432 g/mol. The van der Waals surface area contributed by atoms with Crippen LogP contribution in [0.15, 0.2) is 22.8 Å². The van der Waals surface area contributed by atoms with Gasteiger partial charge in [0.15, 0.2) is 0 Å². The first-order valence-corrected chi connectivity index (χ1v) is 10.2. The molecule has 0 spiro atoms. The second kappa shape index (κ2) is 9.82. The third-order valence-electron chi connectivity index (χ3n) is 6.06. The van der Waals surface area contributed by atoms with Crippen LogP contribution in [0.2, 0.25) is 0 Å². The summed E-state index contributed by atoms with van der Waals surface area (Å²) in [7, 11) is 0. The lowest BCUT2D eigenvalue weighted by Gasteiger charge is -2.42. The Labute approximate surface area is 172 Å². The molecule has 168 valence electrons. The first-order valence-electron chi connectivity index (χ1n) is 10.2. The van der Waals surface area contributed by atoms with E-state index in [-0.39, 0.29) is 17.9 Å². The van der Waals surface area contributed by atoms with Gasteiger partial charge in [0.2, 0.25) is 5.91 Å². The van der Waals surface area contributed by atoms with Gasteiger partial charge in [-0.1, -0.05) is 12.8 Å². The number of aliphatic carboxylic acids is 1. The predicted octanol–water partition coefficient (Wildman–Crippen LogP) is 2.81. The molecule has 2 N–H and O–H groups in total. The number of carbonyl (C=O) groups is 2. The van der Waals surface area contributed by atoms with E-state index < -0.39 is 12.1 Å². The van der Waals surface area contributed by atoms with Crippen LogP contribution in [-0.4, -0.2) is 59.9 Å². The number of ether oxygens (including phenoxy) is 1. The molecule has 3 aliphatic rings. The van der Waals surface area contributed by atoms with Crippen molar-refractivity contribution in [2.24, 2.45) is 11.8 Å². The van der Waals surface area contributed by atoms with Crippen molar-refractivity contribution >= 4 is 11.9 Å². The lowest BCUT2D eigenvalue weighted by atomic mass is 9.81. The van der Waals surface area contributed by atoms with Crippen LogP contribution in [0.4, 0.5) is 13.2 Å². The van der Waals surface area contributed by atoms with E-state index in [9.17, 15) is 18.0 Å². The lowest BCUT2D eigenvalue weighted by molar-refractivity contribution is -0.192. The molecule has 1 aromatic heterocycles. The van der Waals surface area contributed by atoms with Gasteiger partial charge in [0.1, 0.15) is 5.76 Å². The summed E-state index contributed by atoms with van der Waals surface area (Å²) in [6, 6.07) is 4.40. The van der Waals surface area contributed by atoms with Crippen LogP contribution in [0.5, 0.6) is 0 Å². The van der Waals surface area contributed by atoms with Crippen LogP contribution in [0.25, 0.3) is 0 Å². The molecule has 10 heteroatoms. The predicted molar refractivity (Wildman–Crippen MR) is 99.4 cm³/mol. The average molecular weight is 432 g/mol. The minimum atomic E-state index is -5.08. The first kappa shape index (κ1) is 22.6. The van der Waals surface area contributed by atoms with Gasteiger partial charge < -0.3 is 19.6 Å². The Morgan fingerprint density at radius 2 is 1.90 bits per heavy atom. The lowest BCUT2D eigenvalue weighted by Crippen LogP contribution is -2.54. The number of amides is 1. The largest absolute Gasteiger partial charge is 0.490 e. The highest BCUT2D eigenvalue weighted by Crippen LogP contribution is 2.37. The molecule has 2 aliphatic heterocycles. The fourth-order valence-electron chi connectivity index (χ4n) is 4.57. The number of carboxylic acid groups (broad SMARTS) is 1. The molecular formula is C20H27F3N2O5. The number of hydrogen-bond acceptors (Lipinski definition) is 5. The van der Waals surface area contributed by atoms with Crippen molar-refractivity contribution in [3.8, 4) is 0 Å². The van der Waals surface area contributed by atoms with Crippen molar-refractivity contribution in [1.29, 1.82) is 0 Å². The summed E-state index contributed by atoms with van der Waals surface area (Å²) in [5, 5.41) is 10.2. The van der Waals surface area contributed by atoms with E-state index in [1.165, 1.54) is 25.7 Å². The van der Waals surface area contributed by atoms with Crippen molar-refractivity contribution in [3.05, 3.63) is 24.2 Å². The third-order valence-corrected chi connectivity index (χ3v) is 6.06. The zero-order valence-electron chi connectivity index (χ0n) is 16.6. The molecule has 30 heavy (non-hydrogen) atoms. The van der Waals surface area contributed by atoms with Crippen molar-refractivity contribution < 1.29 is 37.0 Å². The maximum Gasteiger partial charge on any atom is 0.490 e. The molecule has 3 fully saturated rings. The summed E-state index contributed by atoms with van der Waals surface area (Å²) in [5.74, 6) is -1.37. The van der Waals surface area contributed by atoms with Crippen LogP contribution < -0.4 is 5.32 Å². The number of hydrogen-bond donors (Lipinski definition) is 2. The Morgan fingerprint density at radius 1 is 1.20 bits per heavy atom. The molecule has 3 atom stereocenters. The minimum Gasteiger partial charge on any atom is -0.475 e. The number of alkyl halides is 3. The van der Waals surface area contributed by atoms with Gasteiger partial charge in [-0.05, 0) is 31.4 Å². The number of carboxylic acids is 1. The van der Waals surface area contributed by atoms with Gasteiger partial charge in [-0.15, -0.1) is 0 Å². The second-order valence-corrected chi connectivity index (χ2v) is 7.96. The highest BCUT2D eigenvalue weighted by molar-refractivity contribution is 5.79. The van der Waals surface area contributed by atoms with Gasteiger partial charge in [-0.3, -0.25) is 9.69 Å². The van der Waals surface area contributed by atoms with Gasteiger partial charge in [0.25, 0.3) is 0 Å². The standard InChI is InChI=1S/C18H26N2O3.C2HF3O2/c21-18(19-10-14-6-3-8-22-14)16-11-20(13-4-1-2-5-13)12-17-15(16)7-9-23-17;3-2(4,5)1(6)7/h3,6,8,13,15-17H,1-2,4-5,7,9-12H2,(H,19,21);(H,6,7)/t15-,16+,17+;/m0./s1. The van der Waals surface area contributed by atoms with Crippen molar-refractivity contribution in [3.63, 3.8) is 0 Å². The van der Waals surface area contributed by atoms with E-state index in [0.717, 1.165) is 31.9 Å². The Balaban J connectivity index is 0.000000318. The second-order valence-electron chi connectivity index (χ2n) is 7.96. The summed E-state index contributed by atoms with van der Waals surface area (Å²) >= 11 is 0. The first-order chi connectivity index (χ1) is 14.3. The number of piperidine rings is 1. The summed E-state index contributed by atoms with van der Waals surface area (Å²) in [4.78, 5) is 24.2. The molecule has 0 bridgehead atoms. The quantitative estimate of drug-likeness (QED) is 0.760. The van der Waals surface area contributed by atoms with Crippen molar-refractivity contribution in [1.82, 2.24) is 10.2 Å². The molecule has 1 amide bonds. The summed E-state index contributed by atoms with van der Waals surface area (Å²) in [5.41, 5.74) is 0. The highest BCUT2D eigenvalue weighted by atomic mass is 19.4. The van der Waals surface area contributed by atoms with Crippen LogP contribution in [-0.2, 0) is 20.9 Å². The van der Waals surface area contributed by atoms with Crippen LogP contribution >= 0.6 is 0 Å². The smallest absolute Gasteiger partial charge is 0.475 e. The SMILES string of the molecule is O=C(NCc1ccco1)[C@@H]1CN(C2CCCC2)C[C@H]2OCC[C@H]21.O=C(O)C(F)(F)F. The number of fused-ring (bicyclic) bond motifs is 1. The number of nitrogens with zero attached hydrogens (tertiary/aromatic N) is 1. The molecule has 3 heterocycles. The number of rotatable bonds is 4. The fourth-order valence-corrected chi connectivity index (χ4v) is 4.57. The van der Waals surface area contributed by atoms with E-state index in [2.05, 4.69) is 10.2 Å².